The van der Waals surface area contributed by atoms with Gasteiger partial charge in [0.2, 0.25) is 0 Å². The molecule has 2 aromatic carbocycles. The van der Waals surface area contributed by atoms with E-state index in [0.29, 0.717) is 45.3 Å². The summed E-state index contributed by atoms with van der Waals surface area (Å²) in [4.78, 5) is 32.0. The lowest BCUT2D eigenvalue weighted by molar-refractivity contribution is -0.139. The van der Waals surface area contributed by atoms with Gasteiger partial charge in [0.1, 0.15) is 0 Å². The molecule has 7 nitrogen and oxygen atoms in total. The molecule has 1 aliphatic rings. The number of hydrogen-bond acceptors (Lipinski definition) is 7. The normalized spacial score (nSPS) is 15.3. The van der Waals surface area contributed by atoms with E-state index in [4.69, 9.17) is 14.2 Å². The number of aromatic nitrogens is 1. The summed E-state index contributed by atoms with van der Waals surface area (Å²) in [5.41, 5.74) is 3.43. The number of thiazole rings is 1. The summed E-state index contributed by atoms with van der Waals surface area (Å²) in [6.45, 7) is 10.6. The van der Waals surface area contributed by atoms with Crippen molar-refractivity contribution in [2.75, 3.05) is 19.8 Å². The van der Waals surface area contributed by atoms with Gasteiger partial charge in [-0.05, 0) is 86.5 Å². The van der Waals surface area contributed by atoms with Gasteiger partial charge in [0, 0.05) is 0 Å². The second-order valence-corrected chi connectivity index (χ2v) is 10.6. The minimum absolute atomic E-state index is 0.217. The molecule has 1 aliphatic heterocycles. The van der Waals surface area contributed by atoms with Crippen molar-refractivity contribution in [1.82, 2.24) is 4.57 Å². The van der Waals surface area contributed by atoms with Crippen LogP contribution in [-0.2, 0) is 9.53 Å². The van der Waals surface area contributed by atoms with E-state index in [-0.39, 0.29) is 12.2 Å². The Hall–Kier alpha value is -2.92. The molecule has 9 heteroatoms. The maximum Gasteiger partial charge on any atom is 0.338 e. The fourth-order valence-corrected chi connectivity index (χ4v) is 6.05. The second-order valence-electron chi connectivity index (χ2n) is 8.41. The number of esters is 1. The zero-order chi connectivity index (χ0) is 26.7. The lowest BCUT2D eigenvalue weighted by Crippen LogP contribution is -2.39. The summed E-state index contributed by atoms with van der Waals surface area (Å²) < 4.78 is 20.0. The molecule has 3 aromatic rings. The van der Waals surface area contributed by atoms with E-state index in [1.165, 1.54) is 11.3 Å². The number of rotatable bonds is 8. The molecule has 0 bridgehead atoms. The van der Waals surface area contributed by atoms with Crippen LogP contribution < -0.4 is 24.4 Å². The zero-order valence-corrected chi connectivity index (χ0v) is 24.4. The maximum atomic E-state index is 13.8. The highest BCUT2D eigenvalue weighted by molar-refractivity contribution is 14.1. The first-order valence-corrected chi connectivity index (χ1v) is 14.0. The van der Waals surface area contributed by atoms with Gasteiger partial charge in [-0.2, -0.15) is 0 Å². The lowest BCUT2D eigenvalue weighted by atomic mass is 9.95. The lowest BCUT2D eigenvalue weighted by Gasteiger charge is -2.24. The molecule has 4 rings (SSSR count). The molecule has 194 valence electrons. The fourth-order valence-electron chi connectivity index (χ4n) is 4.23. The van der Waals surface area contributed by atoms with E-state index in [2.05, 4.69) is 27.6 Å². The number of carbonyl (C=O) groups is 1. The van der Waals surface area contributed by atoms with E-state index in [9.17, 15) is 9.59 Å². The monoisotopic (exact) mass is 632 g/mol. The number of benzene rings is 2. The molecule has 0 saturated heterocycles. The van der Waals surface area contributed by atoms with Gasteiger partial charge in [-0.1, -0.05) is 41.2 Å². The van der Waals surface area contributed by atoms with Crippen LogP contribution in [-0.4, -0.2) is 30.4 Å². The van der Waals surface area contributed by atoms with Crippen molar-refractivity contribution >= 4 is 46.0 Å². The van der Waals surface area contributed by atoms with Crippen LogP contribution in [0.25, 0.3) is 6.08 Å². The van der Waals surface area contributed by atoms with Gasteiger partial charge in [-0.15, -0.1) is 0 Å². The number of aryl methyl sites for hydroxylation is 1. The van der Waals surface area contributed by atoms with Gasteiger partial charge >= 0.3 is 5.97 Å². The third kappa shape index (κ3) is 5.52. The van der Waals surface area contributed by atoms with Gasteiger partial charge in [0.25, 0.3) is 5.56 Å². The molecule has 0 amide bonds. The highest BCUT2D eigenvalue weighted by atomic mass is 127. The number of fused-ring (bicyclic) bond motifs is 1. The molecule has 1 atom stereocenters. The van der Waals surface area contributed by atoms with Crippen LogP contribution in [0.4, 0.5) is 0 Å². The summed E-state index contributed by atoms with van der Waals surface area (Å²) in [5.74, 6) is 0.858. The van der Waals surface area contributed by atoms with Crippen molar-refractivity contribution < 1.29 is 19.0 Å². The molecule has 37 heavy (non-hydrogen) atoms. The molecule has 0 spiro atoms. The van der Waals surface area contributed by atoms with E-state index in [1.807, 2.05) is 63.2 Å². The van der Waals surface area contributed by atoms with Gasteiger partial charge in [-0.3, -0.25) is 9.36 Å². The Labute approximate surface area is 233 Å². The minimum Gasteiger partial charge on any atom is -0.490 e. The Morgan fingerprint density at radius 2 is 1.78 bits per heavy atom. The first-order chi connectivity index (χ1) is 17.8. The van der Waals surface area contributed by atoms with Crippen LogP contribution in [0.15, 0.2) is 57.5 Å². The van der Waals surface area contributed by atoms with E-state index >= 15 is 0 Å². The van der Waals surface area contributed by atoms with Crippen molar-refractivity contribution in [2.45, 2.75) is 40.7 Å². The summed E-state index contributed by atoms with van der Waals surface area (Å²) >= 11 is 3.51. The summed E-state index contributed by atoms with van der Waals surface area (Å²) in [5, 5.41) is 0. The van der Waals surface area contributed by atoms with Crippen LogP contribution in [0.2, 0.25) is 0 Å². The molecule has 0 N–H and O–H groups in total. The number of carbonyl (C=O) groups excluding carboxylic acids is 1. The van der Waals surface area contributed by atoms with Crippen molar-refractivity contribution in [3.8, 4) is 11.5 Å². The highest BCUT2D eigenvalue weighted by Gasteiger charge is 2.33. The highest BCUT2D eigenvalue weighted by Crippen LogP contribution is 2.35. The predicted octanol–water partition coefficient (Wildman–Crippen LogP) is 4.51. The zero-order valence-electron chi connectivity index (χ0n) is 21.5. The van der Waals surface area contributed by atoms with Crippen molar-refractivity contribution in [3.63, 3.8) is 0 Å². The average Bonchev–Trinajstić information content (AvgIpc) is 3.15. The molecule has 0 unspecified atom stereocenters. The third-order valence-corrected chi connectivity index (χ3v) is 7.61. The Morgan fingerprint density at radius 1 is 1.08 bits per heavy atom. The molecule has 0 fully saturated rings. The molecular weight excluding hydrogens is 603 g/mol. The Morgan fingerprint density at radius 3 is 2.43 bits per heavy atom. The first-order valence-electron chi connectivity index (χ1n) is 12.1. The van der Waals surface area contributed by atoms with Crippen LogP contribution in [0.1, 0.15) is 50.4 Å². The van der Waals surface area contributed by atoms with E-state index in [1.54, 1.807) is 18.4 Å². The maximum absolute atomic E-state index is 13.8. The van der Waals surface area contributed by atoms with Crippen molar-refractivity contribution in [2.24, 2.45) is 4.99 Å². The molecule has 0 radical (unpaired) electrons. The van der Waals surface area contributed by atoms with Crippen molar-refractivity contribution in [1.29, 1.82) is 0 Å². The average molecular weight is 633 g/mol. The van der Waals surface area contributed by atoms with Crippen LogP contribution in [0.5, 0.6) is 11.5 Å². The number of halogens is 1. The van der Waals surface area contributed by atoms with Crippen LogP contribution in [0, 0.1) is 10.5 Å². The molecular formula is C28H29IN2O5S. The number of ether oxygens (including phenoxy) is 3. The largest absolute Gasteiger partial charge is 0.490 e. The van der Waals surface area contributed by atoms with Gasteiger partial charge in [-0.25, -0.2) is 9.79 Å². The topological polar surface area (TPSA) is 79.1 Å². The minimum atomic E-state index is -0.627. The third-order valence-electron chi connectivity index (χ3n) is 5.83. The van der Waals surface area contributed by atoms with Gasteiger partial charge in [0.15, 0.2) is 16.3 Å². The van der Waals surface area contributed by atoms with Gasteiger partial charge in [0.05, 0.1) is 45.2 Å². The standard InChI is InChI=1S/C28H29IN2O5S/c1-6-34-21-14-18(13-20(29)25(21)35-7-2)15-22-26(32)31-24(19-11-9-16(4)10-12-19)23(27(33)36-8-3)17(5)30-28(31)37-22/h9-15,24H,6-8H2,1-5H3/b22-15-/t24-/m1/s1. The fraction of sp³-hybridized carbons (Fsp3) is 0.321. The van der Waals surface area contributed by atoms with E-state index in [0.717, 1.165) is 20.3 Å². The molecule has 0 aliphatic carbocycles. The van der Waals surface area contributed by atoms with Crippen molar-refractivity contribution in [3.05, 3.63) is 87.6 Å². The smallest absolute Gasteiger partial charge is 0.338 e. The number of nitrogens with zero attached hydrogens (tertiary/aromatic N) is 2. The first kappa shape index (κ1) is 27.1. The Bertz CT molecular complexity index is 1540. The molecule has 1 aromatic heterocycles. The number of allylic oxidation sites excluding steroid dienone is 1. The SMILES string of the molecule is CCOC(=O)C1=C(C)N=c2s/c(=C\c3cc(I)c(OCC)c(OCC)c3)c(=O)n2[C@@H]1c1ccc(C)cc1. The second kappa shape index (κ2) is 11.6. The molecule has 2 heterocycles. The van der Waals surface area contributed by atoms with Gasteiger partial charge < -0.3 is 14.2 Å². The van der Waals surface area contributed by atoms with E-state index < -0.39 is 12.0 Å². The van der Waals surface area contributed by atoms with Crippen LogP contribution >= 0.6 is 33.9 Å². The quantitative estimate of drug-likeness (QED) is 0.270. The Balaban J connectivity index is 1.91. The number of hydrogen-bond donors (Lipinski definition) is 0. The summed E-state index contributed by atoms with van der Waals surface area (Å²) in [7, 11) is 0. The summed E-state index contributed by atoms with van der Waals surface area (Å²) in [6, 6.07) is 11.0. The molecule has 0 saturated carbocycles. The van der Waals surface area contributed by atoms with Crippen LogP contribution in [0.3, 0.4) is 0 Å². The Kier molecular flexibility index (Phi) is 8.53. The predicted molar refractivity (Wildman–Crippen MR) is 153 cm³/mol. The summed E-state index contributed by atoms with van der Waals surface area (Å²) in [6.07, 6.45) is 1.83.